The van der Waals surface area contributed by atoms with Crippen molar-refractivity contribution in [3.05, 3.63) is 35.1 Å². The van der Waals surface area contributed by atoms with E-state index < -0.39 is 11.9 Å². The molecule has 0 saturated carbocycles. The van der Waals surface area contributed by atoms with E-state index in [2.05, 4.69) is 0 Å². The molecule has 2 atom stereocenters. The van der Waals surface area contributed by atoms with E-state index in [9.17, 15) is 14.3 Å². The first-order valence-corrected chi connectivity index (χ1v) is 5.70. The summed E-state index contributed by atoms with van der Waals surface area (Å²) in [4.78, 5) is 13.2. The molecule has 1 N–H and O–H groups in total. The van der Waals surface area contributed by atoms with Gasteiger partial charge in [0.15, 0.2) is 0 Å². The Kier molecular flexibility index (Phi) is 3.15. The van der Waals surface area contributed by atoms with Gasteiger partial charge < -0.3 is 5.11 Å². The van der Waals surface area contributed by atoms with Gasteiger partial charge >= 0.3 is 5.97 Å². The summed E-state index contributed by atoms with van der Waals surface area (Å²) in [5.74, 6) is -1.42. The molecule has 1 aromatic carbocycles. The lowest BCUT2D eigenvalue weighted by Crippen LogP contribution is -2.25. The second-order valence-corrected chi connectivity index (χ2v) is 4.67. The van der Waals surface area contributed by atoms with Crippen LogP contribution in [0.15, 0.2) is 18.2 Å². The molecule has 1 fully saturated rings. The number of hydrogen-bond acceptors (Lipinski definition) is 2. The minimum atomic E-state index is -0.777. The molecule has 0 aliphatic carbocycles. The molecule has 92 valence electrons. The molecule has 1 aromatic rings. The van der Waals surface area contributed by atoms with Crippen LogP contribution in [0, 0.1) is 18.7 Å². The van der Waals surface area contributed by atoms with Crippen molar-refractivity contribution in [3.8, 4) is 0 Å². The summed E-state index contributed by atoms with van der Waals surface area (Å²) in [7, 11) is 1.91. The first-order chi connectivity index (χ1) is 8.00. The van der Waals surface area contributed by atoms with Gasteiger partial charge in [0.25, 0.3) is 0 Å². The summed E-state index contributed by atoms with van der Waals surface area (Å²) >= 11 is 0. The van der Waals surface area contributed by atoms with Crippen molar-refractivity contribution in [2.45, 2.75) is 19.4 Å². The third kappa shape index (κ3) is 2.17. The van der Waals surface area contributed by atoms with Crippen LogP contribution >= 0.6 is 0 Å². The van der Waals surface area contributed by atoms with Crippen molar-refractivity contribution >= 4 is 5.97 Å². The lowest BCUT2D eigenvalue weighted by molar-refractivity contribution is -0.142. The van der Waals surface area contributed by atoms with Crippen molar-refractivity contribution in [1.82, 2.24) is 4.90 Å². The number of halogens is 1. The van der Waals surface area contributed by atoms with Gasteiger partial charge in [-0.25, -0.2) is 4.39 Å². The molecule has 0 spiro atoms. The van der Waals surface area contributed by atoms with Crippen molar-refractivity contribution in [2.24, 2.45) is 5.92 Å². The molecular formula is C13H16FNO2. The largest absolute Gasteiger partial charge is 0.481 e. The normalized spacial score (nSPS) is 25.1. The van der Waals surface area contributed by atoms with E-state index in [0.717, 1.165) is 12.1 Å². The number of carboxylic acid groups (broad SMARTS) is 1. The molecule has 1 heterocycles. The standard InChI is InChI=1S/C13H16FNO2/c1-8-7-9(3-4-11(8)14)12-10(13(16)17)5-6-15(12)2/h3-4,7,10,12H,5-6H2,1-2H3,(H,16,17). The fourth-order valence-corrected chi connectivity index (χ4v) is 2.54. The Morgan fingerprint density at radius 1 is 1.53 bits per heavy atom. The fraction of sp³-hybridized carbons (Fsp3) is 0.462. The highest BCUT2D eigenvalue weighted by Crippen LogP contribution is 2.36. The predicted molar refractivity (Wildman–Crippen MR) is 62.3 cm³/mol. The number of nitrogens with zero attached hydrogens (tertiary/aromatic N) is 1. The second-order valence-electron chi connectivity index (χ2n) is 4.67. The zero-order valence-electron chi connectivity index (χ0n) is 9.98. The molecule has 1 aliphatic rings. The first-order valence-electron chi connectivity index (χ1n) is 5.70. The van der Waals surface area contributed by atoms with Gasteiger partial charge in [-0.15, -0.1) is 0 Å². The van der Waals surface area contributed by atoms with E-state index in [4.69, 9.17) is 0 Å². The Bertz CT molecular complexity index is 447. The van der Waals surface area contributed by atoms with Crippen molar-refractivity contribution in [3.63, 3.8) is 0 Å². The van der Waals surface area contributed by atoms with E-state index in [1.807, 2.05) is 11.9 Å². The van der Waals surface area contributed by atoms with Crippen LogP contribution in [-0.2, 0) is 4.79 Å². The van der Waals surface area contributed by atoms with Crippen LogP contribution in [0.3, 0.4) is 0 Å². The minimum Gasteiger partial charge on any atom is -0.481 e. The number of aryl methyl sites for hydroxylation is 1. The molecule has 1 aliphatic heterocycles. The number of hydrogen-bond donors (Lipinski definition) is 1. The van der Waals surface area contributed by atoms with Gasteiger partial charge in [0, 0.05) is 6.04 Å². The van der Waals surface area contributed by atoms with Crippen molar-refractivity contribution < 1.29 is 14.3 Å². The number of aliphatic carboxylic acids is 1. The van der Waals surface area contributed by atoms with Gasteiger partial charge in [-0.2, -0.15) is 0 Å². The van der Waals surface area contributed by atoms with E-state index >= 15 is 0 Å². The number of likely N-dealkylation sites (tertiary alicyclic amines) is 1. The molecule has 0 bridgehead atoms. The first kappa shape index (κ1) is 12.0. The highest BCUT2D eigenvalue weighted by Gasteiger charge is 2.37. The van der Waals surface area contributed by atoms with Gasteiger partial charge in [-0.05, 0) is 44.1 Å². The highest BCUT2D eigenvalue weighted by molar-refractivity contribution is 5.71. The van der Waals surface area contributed by atoms with Gasteiger partial charge in [0.2, 0.25) is 0 Å². The van der Waals surface area contributed by atoms with Gasteiger partial charge in [-0.1, -0.05) is 12.1 Å². The van der Waals surface area contributed by atoms with E-state index in [-0.39, 0.29) is 11.9 Å². The maximum Gasteiger partial charge on any atom is 0.308 e. The van der Waals surface area contributed by atoms with E-state index in [1.165, 1.54) is 6.07 Å². The molecular weight excluding hydrogens is 221 g/mol. The number of rotatable bonds is 2. The monoisotopic (exact) mass is 237 g/mol. The van der Waals surface area contributed by atoms with E-state index in [0.29, 0.717) is 12.0 Å². The quantitative estimate of drug-likeness (QED) is 0.857. The molecule has 0 aromatic heterocycles. The molecule has 17 heavy (non-hydrogen) atoms. The summed E-state index contributed by atoms with van der Waals surface area (Å²) in [6.07, 6.45) is 0.646. The Morgan fingerprint density at radius 2 is 2.24 bits per heavy atom. The van der Waals surface area contributed by atoms with Gasteiger partial charge in [0.1, 0.15) is 5.82 Å². The molecule has 4 heteroatoms. The SMILES string of the molecule is Cc1cc(C2C(C(=O)O)CCN2C)ccc1F. The average molecular weight is 237 g/mol. The molecule has 1 saturated heterocycles. The summed E-state index contributed by atoms with van der Waals surface area (Å²) in [5, 5.41) is 9.19. The second kappa shape index (κ2) is 4.45. The van der Waals surface area contributed by atoms with Crippen molar-refractivity contribution in [1.29, 1.82) is 0 Å². The predicted octanol–water partition coefficient (Wildman–Crippen LogP) is 2.21. The third-order valence-corrected chi connectivity index (χ3v) is 3.49. The Labute approximate surface area is 99.9 Å². The van der Waals surface area contributed by atoms with E-state index in [1.54, 1.807) is 19.1 Å². The van der Waals surface area contributed by atoms with Gasteiger partial charge in [-0.3, -0.25) is 9.69 Å². The minimum absolute atomic E-state index is 0.146. The maximum atomic E-state index is 13.2. The van der Waals surface area contributed by atoms with Crippen LogP contribution in [0.2, 0.25) is 0 Å². The van der Waals surface area contributed by atoms with Crippen LogP contribution in [0.5, 0.6) is 0 Å². The molecule has 2 rings (SSSR count). The lowest BCUT2D eigenvalue weighted by atomic mass is 9.93. The Balaban J connectivity index is 2.36. The van der Waals surface area contributed by atoms with Crippen LogP contribution in [-0.4, -0.2) is 29.6 Å². The maximum absolute atomic E-state index is 13.2. The topological polar surface area (TPSA) is 40.5 Å². The zero-order valence-corrected chi connectivity index (χ0v) is 9.98. The summed E-state index contributed by atoms with van der Waals surface area (Å²) < 4.78 is 13.2. The third-order valence-electron chi connectivity index (χ3n) is 3.49. The molecule has 3 nitrogen and oxygen atoms in total. The summed E-state index contributed by atoms with van der Waals surface area (Å²) in [5.41, 5.74) is 1.45. The highest BCUT2D eigenvalue weighted by atomic mass is 19.1. The summed E-state index contributed by atoms with van der Waals surface area (Å²) in [6, 6.07) is 4.70. The van der Waals surface area contributed by atoms with Crippen LogP contribution in [0.4, 0.5) is 4.39 Å². The smallest absolute Gasteiger partial charge is 0.308 e. The lowest BCUT2D eigenvalue weighted by Gasteiger charge is -2.23. The van der Waals surface area contributed by atoms with Crippen molar-refractivity contribution in [2.75, 3.05) is 13.6 Å². The van der Waals surface area contributed by atoms with Crippen LogP contribution < -0.4 is 0 Å². The molecule has 0 amide bonds. The number of benzene rings is 1. The Hall–Kier alpha value is -1.42. The number of carboxylic acids is 1. The van der Waals surface area contributed by atoms with Crippen LogP contribution in [0.1, 0.15) is 23.6 Å². The zero-order chi connectivity index (χ0) is 12.6. The van der Waals surface area contributed by atoms with Crippen LogP contribution in [0.25, 0.3) is 0 Å². The average Bonchev–Trinajstić information content (AvgIpc) is 2.64. The molecule has 2 unspecified atom stereocenters. The molecule has 0 radical (unpaired) electrons. The van der Waals surface area contributed by atoms with Gasteiger partial charge in [0.05, 0.1) is 5.92 Å². The number of carbonyl (C=O) groups is 1. The fourth-order valence-electron chi connectivity index (χ4n) is 2.54. The Morgan fingerprint density at radius 3 is 2.82 bits per heavy atom. The summed E-state index contributed by atoms with van der Waals surface area (Å²) in [6.45, 7) is 2.46.